The second kappa shape index (κ2) is 1.54. The Hall–Kier alpha value is -0.570. The van der Waals surface area contributed by atoms with E-state index in [4.69, 9.17) is 5.73 Å². The third-order valence-electron chi connectivity index (χ3n) is 6.45. The van der Waals surface area contributed by atoms with Crippen LogP contribution < -0.4 is 5.73 Å². The number of carboxylic acids is 1. The van der Waals surface area contributed by atoms with E-state index >= 15 is 0 Å². The van der Waals surface area contributed by atoms with Gasteiger partial charge >= 0.3 is 5.97 Å². The molecule has 3 nitrogen and oxygen atoms in total. The maximum Gasteiger partial charge on any atom is 0.308 e. The first-order valence-corrected chi connectivity index (χ1v) is 5.72. The number of carboxylic acid groups (broad SMARTS) is 1. The summed E-state index contributed by atoms with van der Waals surface area (Å²) in [5.41, 5.74) is 6.10. The van der Waals surface area contributed by atoms with Crippen LogP contribution >= 0.6 is 0 Å². The normalized spacial score (nSPS) is 78.9. The van der Waals surface area contributed by atoms with E-state index in [-0.39, 0.29) is 12.0 Å². The van der Waals surface area contributed by atoms with Crippen LogP contribution in [-0.2, 0) is 4.79 Å². The summed E-state index contributed by atoms with van der Waals surface area (Å²) in [5, 5.41) is 9.20. The van der Waals surface area contributed by atoms with Gasteiger partial charge in [-0.15, -0.1) is 0 Å². The molecule has 3 N–H and O–H groups in total. The Balaban J connectivity index is 1.65. The smallest absolute Gasteiger partial charge is 0.308 e. The molecule has 6 aliphatic rings. The predicted octanol–water partition coefficient (Wildman–Crippen LogP) is 0.0121. The minimum absolute atomic E-state index is 0.0162. The molecular formula is C11H13NO2. The summed E-state index contributed by atoms with van der Waals surface area (Å²) in [6.07, 6.45) is 0. The molecule has 0 aromatic carbocycles. The molecule has 0 aliphatic heterocycles. The fourth-order valence-electron chi connectivity index (χ4n) is 6.37. The van der Waals surface area contributed by atoms with Crippen LogP contribution in [0.5, 0.6) is 0 Å². The fraction of sp³-hybridized carbons (Fsp3) is 0.909. The monoisotopic (exact) mass is 191 g/mol. The quantitative estimate of drug-likeness (QED) is 0.613. The lowest BCUT2D eigenvalue weighted by Crippen LogP contribution is -2.94. The van der Waals surface area contributed by atoms with Gasteiger partial charge in [0.05, 0.1) is 5.92 Å². The van der Waals surface area contributed by atoms with Gasteiger partial charge in [0, 0.05) is 6.04 Å². The van der Waals surface area contributed by atoms with E-state index in [1.54, 1.807) is 0 Å². The van der Waals surface area contributed by atoms with E-state index in [2.05, 4.69) is 0 Å². The molecule has 6 atom stereocenters. The molecule has 0 aromatic heterocycles. The van der Waals surface area contributed by atoms with E-state index < -0.39 is 5.97 Å². The Morgan fingerprint density at radius 3 is 1.79 bits per heavy atom. The predicted molar refractivity (Wildman–Crippen MR) is 47.0 cm³/mol. The highest BCUT2D eigenvalue weighted by atomic mass is 16.4. The number of nitrogens with two attached hydrogens (primary N) is 1. The van der Waals surface area contributed by atoms with Crippen molar-refractivity contribution in [3.63, 3.8) is 0 Å². The van der Waals surface area contributed by atoms with Crippen LogP contribution in [0, 0.1) is 53.3 Å². The highest BCUT2D eigenvalue weighted by Crippen LogP contribution is 2.92. The van der Waals surface area contributed by atoms with Crippen molar-refractivity contribution in [3.8, 4) is 0 Å². The summed E-state index contributed by atoms with van der Waals surface area (Å²) in [7, 11) is 0. The molecule has 0 heterocycles. The summed E-state index contributed by atoms with van der Waals surface area (Å²) < 4.78 is 0. The van der Waals surface area contributed by atoms with Gasteiger partial charge in [-0.2, -0.15) is 0 Å². The zero-order valence-corrected chi connectivity index (χ0v) is 7.71. The summed E-state index contributed by atoms with van der Waals surface area (Å²) in [5.74, 6) is 5.55. The Kier molecular flexibility index (Phi) is 0.753. The standard InChI is InChI=1S/C11H13NO2/c12-10-8-5-2-1-3(5)7(4(1)6(2)8)9(10)11(13)14/h1-10H,12H2,(H,13,14)/t1?,2?,3?,4?,5?,6?,7?,8?,9-,10+/m1/s1. The maximum atomic E-state index is 11.2. The topological polar surface area (TPSA) is 63.3 Å². The molecular weight excluding hydrogens is 178 g/mol. The average molecular weight is 191 g/mol. The summed E-state index contributed by atoms with van der Waals surface area (Å²) in [4.78, 5) is 11.2. The molecule has 6 fully saturated rings. The number of hydrogen-bond acceptors (Lipinski definition) is 2. The maximum absolute atomic E-state index is 11.2. The fourth-order valence-corrected chi connectivity index (χ4v) is 6.37. The molecule has 0 amide bonds. The molecule has 0 aromatic rings. The minimum atomic E-state index is -0.627. The van der Waals surface area contributed by atoms with Crippen molar-refractivity contribution < 1.29 is 9.90 Å². The van der Waals surface area contributed by atoms with Gasteiger partial charge in [-0.05, 0) is 47.3 Å². The van der Waals surface area contributed by atoms with Crippen LogP contribution in [0.25, 0.3) is 0 Å². The molecule has 0 saturated heterocycles. The van der Waals surface area contributed by atoms with Crippen LogP contribution in [0.4, 0.5) is 0 Å². The van der Waals surface area contributed by atoms with Crippen LogP contribution in [-0.4, -0.2) is 17.1 Å². The molecule has 14 heavy (non-hydrogen) atoms. The third kappa shape index (κ3) is 0.352. The molecule has 6 aliphatic carbocycles. The van der Waals surface area contributed by atoms with Crippen molar-refractivity contribution in [3.05, 3.63) is 0 Å². The second-order valence-corrected chi connectivity index (χ2v) is 6.06. The van der Waals surface area contributed by atoms with E-state index in [0.717, 1.165) is 35.5 Å². The molecule has 6 rings (SSSR count). The zero-order chi connectivity index (χ0) is 9.35. The van der Waals surface area contributed by atoms with E-state index in [1.807, 2.05) is 0 Å². The third-order valence-corrected chi connectivity index (χ3v) is 6.45. The van der Waals surface area contributed by atoms with Gasteiger partial charge in [-0.1, -0.05) is 0 Å². The van der Waals surface area contributed by atoms with E-state index in [0.29, 0.717) is 11.8 Å². The summed E-state index contributed by atoms with van der Waals surface area (Å²) in [6, 6.07) is -0.0162. The van der Waals surface area contributed by atoms with Gasteiger partial charge in [-0.3, -0.25) is 4.79 Å². The molecule has 74 valence electrons. The number of fused-ring (bicyclic) bond motifs is 1. The molecule has 6 saturated carbocycles. The van der Waals surface area contributed by atoms with Crippen molar-refractivity contribution >= 4 is 5.97 Å². The van der Waals surface area contributed by atoms with E-state index in [9.17, 15) is 9.90 Å². The van der Waals surface area contributed by atoms with Crippen LogP contribution in [0.15, 0.2) is 0 Å². The minimum Gasteiger partial charge on any atom is -0.481 e. The number of rotatable bonds is 1. The van der Waals surface area contributed by atoms with Crippen molar-refractivity contribution in [1.29, 1.82) is 0 Å². The first-order chi connectivity index (χ1) is 6.73. The highest BCUT2D eigenvalue weighted by molar-refractivity contribution is 5.73. The van der Waals surface area contributed by atoms with Gasteiger partial charge in [0.1, 0.15) is 0 Å². The SMILES string of the molecule is N[C@H]1C2C3C4C5C3C(C5C42)[C@H]1C(=O)O. The first-order valence-electron chi connectivity index (χ1n) is 5.72. The largest absolute Gasteiger partial charge is 0.481 e. The number of carbonyl (C=O) groups is 1. The average Bonchev–Trinajstić information content (AvgIpc) is 2.09. The van der Waals surface area contributed by atoms with Gasteiger partial charge in [0.15, 0.2) is 0 Å². The molecule has 0 radical (unpaired) electrons. The Bertz CT molecular complexity index is 361. The summed E-state index contributed by atoms with van der Waals surface area (Å²) in [6.45, 7) is 0. The first kappa shape index (κ1) is 6.83. The van der Waals surface area contributed by atoms with E-state index in [1.165, 1.54) is 0 Å². The van der Waals surface area contributed by atoms with Crippen LogP contribution in [0.1, 0.15) is 0 Å². The van der Waals surface area contributed by atoms with Crippen molar-refractivity contribution in [2.24, 2.45) is 59.0 Å². The zero-order valence-electron chi connectivity index (χ0n) is 7.71. The Morgan fingerprint density at radius 1 is 0.857 bits per heavy atom. The second-order valence-electron chi connectivity index (χ2n) is 6.06. The highest BCUT2D eigenvalue weighted by Gasteiger charge is 2.91. The molecule has 0 spiro atoms. The number of hydrogen-bond donors (Lipinski definition) is 2. The summed E-state index contributed by atoms with van der Waals surface area (Å²) >= 11 is 0. The lowest BCUT2D eigenvalue weighted by molar-refractivity contribution is -0.472. The van der Waals surface area contributed by atoms with Crippen molar-refractivity contribution in [2.75, 3.05) is 0 Å². The van der Waals surface area contributed by atoms with Gasteiger partial charge < -0.3 is 10.8 Å². The lowest BCUT2D eigenvalue weighted by Gasteiger charge is -2.94. The molecule has 3 heteroatoms. The molecule has 4 unspecified atom stereocenters. The number of aliphatic carboxylic acids is 1. The van der Waals surface area contributed by atoms with Crippen molar-refractivity contribution in [1.82, 2.24) is 0 Å². The Morgan fingerprint density at radius 2 is 1.29 bits per heavy atom. The van der Waals surface area contributed by atoms with Gasteiger partial charge in [0.2, 0.25) is 0 Å². The van der Waals surface area contributed by atoms with Gasteiger partial charge in [0.25, 0.3) is 0 Å². The van der Waals surface area contributed by atoms with Crippen molar-refractivity contribution in [2.45, 2.75) is 6.04 Å². The molecule has 2 bridgehead atoms. The van der Waals surface area contributed by atoms with Gasteiger partial charge in [-0.25, -0.2) is 0 Å². The van der Waals surface area contributed by atoms with Crippen LogP contribution in [0.3, 0.4) is 0 Å². The van der Waals surface area contributed by atoms with Crippen LogP contribution in [0.2, 0.25) is 0 Å². The lowest BCUT2D eigenvalue weighted by atomic mass is 9.10. The Labute approximate surface area is 81.7 Å².